The molecule has 2 aliphatic heterocycles. The Morgan fingerprint density at radius 1 is 1.03 bits per heavy atom. The second-order valence-corrected chi connectivity index (χ2v) is 11.0. The van der Waals surface area contributed by atoms with E-state index in [0.29, 0.717) is 32.5 Å². The van der Waals surface area contributed by atoms with Gasteiger partial charge in [-0.25, -0.2) is 8.42 Å². The van der Waals surface area contributed by atoms with Gasteiger partial charge in [-0.15, -0.1) is 0 Å². The van der Waals surface area contributed by atoms with Gasteiger partial charge in [0.2, 0.25) is 21.8 Å². The third-order valence-electron chi connectivity index (χ3n) is 6.26. The number of carbonyl (C=O) groups excluding carboxylic acids is 2. The lowest BCUT2D eigenvalue weighted by Crippen LogP contribution is -2.58. The quantitative estimate of drug-likeness (QED) is 0.666. The predicted molar refractivity (Wildman–Crippen MR) is 124 cm³/mol. The van der Waals surface area contributed by atoms with E-state index in [4.69, 9.17) is 0 Å². The van der Waals surface area contributed by atoms with Crippen molar-refractivity contribution < 1.29 is 18.0 Å². The average Bonchev–Trinajstić information content (AvgIpc) is 2.83. The molecule has 0 N–H and O–H groups in total. The van der Waals surface area contributed by atoms with Gasteiger partial charge in [0.1, 0.15) is 10.9 Å². The molecule has 1 aromatic heterocycles. The van der Waals surface area contributed by atoms with Crippen LogP contribution < -0.4 is 0 Å². The molecule has 4 rings (SSSR count). The number of piperazine rings is 1. The number of carbonyl (C=O) groups is 2. The second kappa shape index (κ2) is 9.61. The lowest BCUT2D eigenvalue weighted by molar-refractivity contribution is -0.148. The van der Waals surface area contributed by atoms with Crippen molar-refractivity contribution in [3.63, 3.8) is 0 Å². The summed E-state index contributed by atoms with van der Waals surface area (Å²) in [7, 11) is -3.65. The molecule has 1 saturated heterocycles. The Labute approximate surface area is 195 Å². The first-order chi connectivity index (χ1) is 15.8. The Morgan fingerprint density at radius 3 is 2.36 bits per heavy atom. The Hall–Kier alpha value is -2.78. The predicted octanol–water partition coefficient (Wildman–Crippen LogP) is 1.91. The molecule has 0 radical (unpaired) electrons. The number of fused-ring (bicyclic) bond motifs is 1. The second-order valence-electron chi connectivity index (χ2n) is 9.03. The maximum absolute atomic E-state index is 13.5. The summed E-state index contributed by atoms with van der Waals surface area (Å²) in [5.74, 6) is 0.0716. The summed E-state index contributed by atoms with van der Waals surface area (Å²) in [6.45, 7) is 5.43. The third-order valence-corrected chi connectivity index (χ3v) is 8.14. The van der Waals surface area contributed by atoms with Crippen molar-refractivity contribution in [1.29, 1.82) is 0 Å². The third kappa shape index (κ3) is 4.94. The van der Waals surface area contributed by atoms with Gasteiger partial charge < -0.3 is 9.80 Å². The Kier molecular flexibility index (Phi) is 6.81. The summed E-state index contributed by atoms with van der Waals surface area (Å²) in [5, 5.41) is 0. The summed E-state index contributed by atoms with van der Waals surface area (Å²) in [5.41, 5.74) is 2.16. The number of nitrogens with zero attached hydrogens (tertiary/aromatic N) is 4. The Balaban J connectivity index is 1.49. The van der Waals surface area contributed by atoms with E-state index in [1.165, 1.54) is 22.8 Å². The van der Waals surface area contributed by atoms with Crippen molar-refractivity contribution in [2.75, 3.05) is 26.2 Å². The number of hydrogen-bond acceptors (Lipinski definition) is 5. The summed E-state index contributed by atoms with van der Waals surface area (Å²) < 4.78 is 27.1. The van der Waals surface area contributed by atoms with Crippen LogP contribution >= 0.6 is 0 Å². The van der Waals surface area contributed by atoms with Crippen molar-refractivity contribution in [1.82, 2.24) is 19.1 Å². The van der Waals surface area contributed by atoms with Crippen molar-refractivity contribution in [2.45, 2.75) is 44.2 Å². The lowest BCUT2D eigenvalue weighted by Gasteiger charge is -2.41. The van der Waals surface area contributed by atoms with Crippen molar-refractivity contribution in [2.24, 2.45) is 5.92 Å². The molecule has 3 heterocycles. The highest BCUT2D eigenvalue weighted by Crippen LogP contribution is 2.27. The highest BCUT2D eigenvalue weighted by atomic mass is 32.2. The Bertz CT molecular complexity index is 1110. The fraction of sp³-hybridized carbons (Fsp3) is 0.458. The van der Waals surface area contributed by atoms with Crippen LogP contribution in [0, 0.1) is 5.92 Å². The maximum atomic E-state index is 13.5. The van der Waals surface area contributed by atoms with Gasteiger partial charge >= 0.3 is 0 Å². The molecule has 2 amide bonds. The molecule has 1 unspecified atom stereocenters. The minimum Gasteiger partial charge on any atom is -0.338 e. The fourth-order valence-corrected chi connectivity index (χ4v) is 5.87. The van der Waals surface area contributed by atoms with Crippen LogP contribution in [0.4, 0.5) is 0 Å². The van der Waals surface area contributed by atoms with E-state index in [0.717, 1.165) is 11.1 Å². The molecule has 0 saturated carbocycles. The lowest BCUT2D eigenvalue weighted by atomic mass is 9.92. The van der Waals surface area contributed by atoms with Crippen LogP contribution in [0.5, 0.6) is 0 Å². The van der Waals surface area contributed by atoms with Gasteiger partial charge in [-0.3, -0.25) is 14.6 Å². The average molecular weight is 471 g/mol. The molecule has 2 aromatic rings. The van der Waals surface area contributed by atoms with E-state index in [1.807, 2.05) is 38.1 Å². The molecule has 9 heteroatoms. The molecule has 1 aromatic carbocycles. The molecule has 1 atom stereocenters. The molecule has 8 nitrogen and oxygen atoms in total. The standard InChI is InChI=1S/C24H30N4O4S/c1-18(2)14-23(29)28-17-20-7-4-3-6-19(20)15-22(28)24(30)26-10-12-27(13-11-26)33(31,32)21-8-5-9-25-16-21/h3-9,16,18,22H,10-15,17H2,1-2H3. The largest absolute Gasteiger partial charge is 0.338 e. The number of aromatic nitrogens is 1. The van der Waals surface area contributed by atoms with Crippen molar-refractivity contribution in [3.05, 3.63) is 59.9 Å². The van der Waals surface area contributed by atoms with Crippen molar-refractivity contribution in [3.8, 4) is 0 Å². The smallest absolute Gasteiger partial charge is 0.245 e. The number of benzene rings is 1. The van der Waals surface area contributed by atoms with Crippen LogP contribution in [0.3, 0.4) is 0 Å². The minimum absolute atomic E-state index is 0.0179. The molecule has 0 aliphatic carbocycles. The summed E-state index contributed by atoms with van der Waals surface area (Å²) in [4.78, 5) is 34.0. The molecule has 0 spiro atoms. The van der Waals surface area contributed by atoms with Crippen LogP contribution in [0.2, 0.25) is 0 Å². The first kappa shape index (κ1) is 23.4. The van der Waals surface area contributed by atoms with E-state index in [1.54, 1.807) is 15.9 Å². The number of sulfonamides is 1. The Morgan fingerprint density at radius 2 is 1.73 bits per heavy atom. The SMILES string of the molecule is CC(C)CC(=O)N1Cc2ccccc2CC1C(=O)N1CCN(S(=O)(=O)c2cccnc2)CC1. The van der Waals surface area contributed by atoms with E-state index in [-0.39, 0.29) is 35.7 Å². The molecular formula is C24H30N4O4S. The zero-order valence-corrected chi connectivity index (χ0v) is 19.9. The van der Waals surface area contributed by atoms with E-state index >= 15 is 0 Å². The summed E-state index contributed by atoms with van der Waals surface area (Å²) >= 11 is 0. The van der Waals surface area contributed by atoms with Crippen molar-refractivity contribution >= 4 is 21.8 Å². The molecule has 33 heavy (non-hydrogen) atoms. The summed E-state index contributed by atoms with van der Waals surface area (Å²) in [6, 6.07) is 10.5. The molecule has 0 bridgehead atoms. The van der Waals surface area contributed by atoms with Crippen LogP contribution in [0.1, 0.15) is 31.4 Å². The van der Waals surface area contributed by atoms with Crippen LogP contribution in [-0.2, 0) is 32.6 Å². The van der Waals surface area contributed by atoms with E-state index in [9.17, 15) is 18.0 Å². The van der Waals surface area contributed by atoms with Gasteiger partial charge in [0.05, 0.1) is 0 Å². The van der Waals surface area contributed by atoms with Gasteiger partial charge in [0.25, 0.3) is 0 Å². The van der Waals surface area contributed by atoms with Gasteiger partial charge in [0.15, 0.2) is 0 Å². The van der Waals surface area contributed by atoms with E-state index < -0.39 is 16.1 Å². The normalized spacial score (nSPS) is 19.4. The van der Waals surface area contributed by atoms with E-state index in [2.05, 4.69) is 4.98 Å². The van der Waals surface area contributed by atoms with Crippen LogP contribution in [-0.4, -0.2) is 71.5 Å². The minimum atomic E-state index is -3.65. The maximum Gasteiger partial charge on any atom is 0.245 e. The van der Waals surface area contributed by atoms with Gasteiger partial charge in [-0.05, 0) is 29.2 Å². The number of pyridine rings is 1. The molecule has 1 fully saturated rings. The van der Waals surface area contributed by atoms with Gasteiger partial charge in [-0.2, -0.15) is 4.31 Å². The number of hydrogen-bond donors (Lipinski definition) is 0. The highest BCUT2D eigenvalue weighted by molar-refractivity contribution is 7.89. The highest BCUT2D eigenvalue weighted by Gasteiger charge is 2.38. The molecule has 2 aliphatic rings. The number of amides is 2. The zero-order chi connectivity index (χ0) is 23.6. The van der Waals surface area contributed by atoms with Gasteiger partial charge in [-0.1, -0.05) is 38.1 Å². The molecule has 176 valence electrons. The first-order valence-corrected chi connectivity index (χ1v) is 12.8. The topological polar surface area (TPSA) is 90.9 Å². The monoisotopic (exact) mass is 470 g/mol. The van der Waals surface area contributed by atoms with Crippen LogP contribution in [0.25, 0.3) is 0 Å². The summed E-state index contributed by atoms with van der Waals surface area (Å²) in [6.07, 6.45) is 3.74. The molecular weight excluding hydrogens is 440 g/mol. The zero-order valence-electron chi connectivity index (χ0n) is 19.1. The first-order valence-electron chi connectivity index (χ1n) is 11.3. The number of rotatable bonds is 5. The fourth-order valence-electron chi connectivity index (χ4n) is 4.48. The van der Waals surface area contributed by atoms with Crippen LogP contribution in [0.15, 0.2) is 53.7 Å². The van der Waals surface area contributed by atoms with Gasteiger partial charge in [0, 0.05) is 58.0 Å².